The zero-order valence-electron chi connectivity index (χ0n) is 7.44. The standard InChI is InChI=1S/C11H9NO2/c12-10-7-6-9(14-10)11(13)8-4-2-1-3-5-8/h1-7H,12H2. The van der Waals surface area contributed by atoms with E-state index < -0.39 is 0 Å². The van der Waals surface area contributed by atoms with Crippen molar-refractivity contribution in [1.82, 2.24) is 0 Å². The lowest BCUT2D eigenvalue weighted by Crippen LogP contribution is -1.98. The quantitative estimate of drug-likeness (QED) is 0.732. The number of anilines is 1. The highest BCUT2D eigenvalue weighted by molar-refractivity contribution is 6.07. The number of ketones is 1. The first-order chi connectivity index (χ1) is 6.77. The Kier molecular flexibility index (Phi) is 2.07. The van der Waals surface area contributed by atoms with Crippen LogP contribution in [0.5, 0.6) is 0 Å². The highest BCUT2D eigenvalue weighted by Gasteiger charge is 2.11. The fourth-order valence-corrected chi connectivity index (χ4v) is 1.21. The van der Waals surface area contributed by atoms with Crippen molar-refractivity contribution in [2.24, 2.45) is 0 Å². The van der Waals surface area contributed by atoms with Gasteiger partial charge >= 0.3 is 0 Å². The molecule has 3 nitrogen and oxygen atoms in total. The molecule has 0 aliphatic carbocycles. The molecular formula is C11H9NO2. The van der Waals surface area contributed by atoms with Crippen LogP contribution in [0, 0.1) is 0 Å². The van der Waals surface area contributed by atoms with Gasteiger partial charge in [-0.15, -0.1) is 0 Å². The van der Waals surface area contributed by atoms with Crippen LogP contribution in [0.2, 0.25) is 0 Å². The number of hydrogen-bond donors (Lipinski definition) is 1. The molecule has 0 aliphatic heterocycles. The first-order valence-corrected chi connectivity index (χ1v) is 4.22. The van der Waals surface area contributed by atoms with Crippen molar-refractivity contribution < 1.29 is 9.21 Å². The van der Waals surface area contributed by atoms with E-state index >= 15 is 0 Å². The summed E-state index contributed by atoms with van der Waals surface area (Å²) in [6, 6.07) is 12.1. The third kappa shape index (κ3) is 1.52. The van der Waals surface area contributed by atoms with E-state index in [2.05, 4.69) is 0 Å². The maximum Gasteiger partial charge on any atom is 0.228 e. The Bertz CT molecular complexity index is 445. The molecule has 3 heteroatoms. The normalized spacial score (nSPS) is 10.0. The van der Waals surface area contributed by atoms with E-state index in [1.807, 2.05) is 6.07 Å². The number of carbonyl (C=O) groups is 1. The molecule has 0 bridgehead atoms. The van der Waals surface area contributed by atoms with Gasteiger partial charge in [0.15, 0.2) is 11.6 Å². The smallest absolute Gasteiger partial charge is 0.228 e. The second-order valence-corrected chi connectivity index (χ2v) is 2.90. The predicted octanol–water partition coefficient (Wildman–Crippen LogP) is 2.09. The van der Waals surface area contributed by atoms with Gasteiger partial charge in [0.2, 0.25) is 5.78 Å². The summed E-state index contributed by atoms with van der Waals surface area (Å²) in [6.07, 6.45) is 0. The monoisotopic (exact) mass is 187 g/mol. The molecule has 2 rings (SSSR count). The van der Waals surface area contributed by atoms with Gasteiger partial charge in [-0.2, -0.15) is 0 Å². The maximum absolute atomic E-state index is 11.7. The number of nitrogens with two attached hydrogens (primary N) is 1. The SMILES string of the molecule is Nc1ccc(C(=O)c2ccccc2)o1. The van der Waals surface area contributed by atoms with Crippen molar-refractivity contribution in [2.45, 2.75) is 0 Å². The predicted molar refractivity (Wildman–Crippen MR) is 53.0 cm³/mol. The molecular weight excluding hydrogens is 178 g/mol. The van der Waals surface area contributed by atoms with Crippen molar-refractivity contribution in [3.63, 3.8) is 0 Å². The summed E-state index contributed by atoms with van der Waals surface area (Å²) in [5.74, 6) is 0.375. The van der Waals surface area contributed by atoms with Gasteiger partial charge in [-0.3, -0.25) is 4.79 Å². The lowest BCUT2D eigenvalue weighted by atomic mass is 10.1. The van der Waals surface area contributed by atoms with E-state index in [-0.39, 0.29) is 17.4 Å². The van der Waals surface area contributed by atoms with Crippen LogP contribution < -0.4 is 5.73 Å². The van der Waals surface area contributed by atoms with E-state index in [1.54, 1.807) is 36.4 Å². The number of furan rings is 1. The summed E-state index contributed by atoms with van der Waals surface area (Å²) in [6.45, 7) is 0. The summed E-state index contributed by atoms with van der Waals surface area (Å²) in [5.41, 5.74) is 5.97. The molecule has 0 atom stereocenters. The summed E-state index contributed by atoms with van der Waals surface area (Å²) in [7, 11) is 0. The zero-order chi connectivity index (χ0) is 9.97. The molecule has 0 fully saturated rings. The van der Waals surface area contributed by atoms with Crippen LogP contribution in [-0.2, 0) is 0 Å². The Hall–Kier alpha value is -2.03. The van der Waals surface area contributed by atoms with E-state index in [0.717, 1.165) is 0 Å². The van der Waals surface area contributed by atoms with Crippen LogP contribution in [0.15, 0.2) is 46.9 Å². The second kappa shape index (κ2) is 3.38. The van der Waals surface area contributed by atoms with Crippen LogP contribution in [-0.4, -0.2) is 5.78 Å². The first-order valence-electron chi connectivity index (χ1n) is 4.22. The van der Waals surface area contributed by atoms with E-state index in [9.17, 15) is 4.79 Å². The Balaban J connectivity index is 2.34. The summed E-state index contributed by atoms with van der Waals surface area (Å²) in [4.78, 5) is 11.7. The molecule has 0 saturated heterocycles. The van der Waals surface area contributed by atoms with Crippen LogP contribution >= 0.6 is 0 Å². The lowest BCUT2D eigenvalue weighted by molar-refractivity contribution is 0.101. The molecule has 14 heavy (non-hydrogen) atoms. The molecule has 1 aromatic heterocycles. The largest absolute Gasteiger partial charge is 0.437 e. The Labute approximate surface area is 81.1 Å². The topological polar surface area (TPSA) is 56.2 Å². The number of benzene rings is 1. The fourth-order valence-electron chi connectivity index (χ4n) is 1.21. The third-order valence-corrected chi connectivity index (χ3v) is 1.89. The summed E-state index contributed by atoms with van der Waals surface area (Å²) >= 11 is 0. The van der Waals surface area contributed by atoms with Gasteiger partial charge in [-0.05, 0) is 6.07 Å². The summed E-state index contributed by atoms with van der Waals surface area (Å²) < 4.78 is 5.03. The molecule has 0 aliphatic rings. The molecule has 1 aromatic carbocycles. The lowest BCUT2D eigenvalue weighted by Gasteiger charge is -1.95. The fraction of sp³-hybridized carbons (Fsp3) is 0. The van der Waals surface area contributed by atoms with Crippen molar-refractivity contribution in [3.05, 3.63) is 53.8 Å². The Morgan fingerprint density at radius 3 is 2.36 bits per heavy atom. The highest BCUT2D eigenvalue weighted by atomic mass is 16.4. The van der Waals surface area contributed by atoms with E-state index in [4.69, 9.17) is 10.2 Å². The molecule has 1 heterocycles. The minimum atomic E-state index is -0.151. The molecule has 0 radical (unpaired) electrons. The summed E-state index contributed by atoms with van der Waals surface area (Å²) in [5, 5.41) is 0. The number of nitrogen functional groups attached to an aromatic ring is 1. The number of carbonyl (C=O) groups excluding carboxylic acids is 1. The van der Waals surface area contributed by atoms with Gasteiger partial charge in [0.05, 0.1) is 0 Å². The van der Waals surface area contributed by atoms with Gasteiger partial charge < -0.3 is 10.2 Å². The van der Waals surface area contributed by atoms with Crippen molar-refractivity contribution in [3.8, 4) is 0 Å². The maximum atomic E-state index is 11.7. The second-order valence-electron chi connectivity index (χ2n) is 2.90. The van der Waals surface area contributed by atoms with Crippen LogP contribution in [0.4, 0.5) is 5.88 Å². The van der Waals surface area contributed by atoms with Crippen molar-refractivity contribution in [2.75, 3.05) is 5.73 Å². The Morgan fingerprint density at radius 2 is 1.79 bits per heavy atom. The molecule has 0 unspecified atom stereocenters. The van der Waals surface area contributed by atoms with E-state index in [0.29, 0.717) is 5.56 Å². The van der Waals surface area contributed by atoms with Crippen LogP contribution in [0.25, 0.3) is 0 Å². The van der Waals surface area contributed by atoms with Gasteiger partial charge in [0, 0.05) is 11.6 Å². The molecule has 0 spiro atoms. The van der Waals surface area contributed by atoms with Gasteiger partial charge in [-0.1, -0.05) is 30.3 Å². The molecule has 0 saturated carbocycles. The van der Waals surface area contributed by atoms with Crippen molar-refractivity contribution >= 4 is 11.7 Å². The third-order valence-electron chi connectivity index (χ3n) is 1.89. The molecule has 2 aromatic rings. The molecule has 2 N–H and O–H groups in total. The van der Waals surface area contributed by atoms with Crippen molar-refractivity contribution in [1.29, 1.82) is 0 Å². The van der Waals surface area contributed by atoms with Crippen LogP contribution in [0.3, 0.4) is 0 Å². The zero-order valence-corrected chi connectivity index (χ0v) is 7.44. The van der Waals surface area contributed by atoms with Crippen LogP contribution in [0.1, 0.15) is 16.1 Å². The number of rotatable bonds is 2. The van der Waals surface area contributed by atoms with Gasteiger partial charge in [-0.25, -0.2) is 0 Å². The molecule has 70 valence electrons. The minimum absolute atomic E-state index is 0.151. The molecule has 0 amide bonds. The average Bonchev–Trinajstić information content (AvgIpc) is 2.65. The first kappa shape index (κ1) is 8.56. The average molecular weight is 187 g/mol. The van der Waals surface area contributed by atoms with Gasteiger partial charge in [0.1, 0.15) is 0 Å². The number of hydrogen-bond acceptors (Lipinski definition) is 3. The minimum Gasteiger partial charge on any atom is -0.437 e. The van der Waals surface area contributed by atoms with E-state index in [1.165, 1.54) is 0 Å². The Morgan fingerprint density at radius 1 is 1.07 bits per heavy atom. The highest BCUT2D eigenvalue weighted by Crippen LogP contribution is 2.14. The van der Waals surface area contributed by atoms with Gasteiger partial charge in [0.25, 0.3) is 0 Å².